The molecule has 126 valence electrons. The zero-order valence-electron chi connectivity index (χ0n) is 13.2. The van der Waals surface area contributed by atoms with E-state index in [1.54, 1.807) is 6.92 Å². The number of hydrogen-bond donors (Lipinski definition) is 1. The van der Waals surface area contributed by atoms with E-state index >= 15 is 0 Å². The largest absolute Gasteiger partial charge is 0.276 e. The van der Waals surface area contributed by atoms with Gasteiger partial charge in [-0.15, -0.1) is 0 Å². The summed E-state index contributed by atoms with van der Waals surface area (Å²) in [6.45, 7) is 3.42. The number of hydrazone groups is 1. The van der Waals surface area contributed by atoms with Gasteiger partial charge < -0.3 is 0 Å². The summed E-state index contributed by atoms with van der Waals surface area (Å²) in [4.78, 5) is 12.2. The quantitative estimate of drug-likeness (QED) is 0.493. The van der Waals surface area contributed by atoms with Crippen molar-refractivity contribution < 1.29 is 13.3 Å². The van der Waals surface area contributed by atoms with Crippen molar-refractivity contribution >= 4 is 21.9 Å². The highest BCUT2D eigenvalue weighted by molar-refractivity contribution is 7.89. The Hall–Kier alpha value is -2.74. The summed E-state index contributed by atoms with van der Waals surface area (Å²) in [5.74, 6) is -0.0822. The van der Waals surface area contributed by atoms with Crippen LogP contribution in [0.1, 0.15) is 24.0 Å². The maximum absolute atomic E-state index is 12.2. The van der Waals surface area contributed by atoms with E-state index in [2.05, 4.69) is 9.93 Å². The Morgan fingerprint density at radius 1 is 1.21 bits per heavy atom. The number of aryl methyl sites for hydroxylation is 1. The average Bonchev–Trinajstić information content (AvgIpc) is 2.55. The van der Waals surface area contributed by atoms with Crippen LogP contribution in [-0.4, -0.2) is 19.6 Å². The summed E-state index contributed by atoms with van der Waals surface area (Å²) >= 11 is 0. The molecule has 0 saturated carbocycles. The minimum atomic E-state index is -3.96. The highest BCUT2D eigenvalue weighted by Crippen LogP contribution is 2.22. The van der Waals surface area contributed by atoms with Crippen LogP contribution in [0.4, 0.5) is 5.69 Å². The predicted molar refractivity (Wildman–Crippen MR) is 91.5 cm³/mol. The van der Waals surface area contributed by atoms with Crippen molar-refractivity contribution in [2.24, 2.45) is 5.10 Å². The van der Waals surface area contributed by atoms with Crippen LogP contribution >= 0.6 is 0 Å². The molecule has 0 bridgehead atoms. The molecular formula is C16H17N3O4S. The van der Waals surface area contributed by atoms with Crippen LogP contribution in [0.2, 0.25) is 0 Å². The summed E-state index contributed by atoms with van der Waals surface area (Å²) < 4.78 is 24.4. The second-order valence-electron chi connectivity index (χ2n) is 5.28. The topological polar surface area (TPSA) is 102 Å². The Bertz CT molecular complexity index is 864. The van der Waals surface area contributed by atoms with E-state index in [1.807, 2.05) is 37.3 Å². The van der Waals surface area contributed by atoms with Gasteiger partial charge in [0, 0.05) is 23.8 Å². The molecular weight excluding hydrogens is 330 g/mol. The maximum Gasteiger partial charge on any atom is 0.276 e. The molecule has 24 heavy (non-hydrogen) atoms. The second kappa shape index (κ2) is 7.22. The van der Waals surface area contributed by atoms with Gasteiger partial charge in [0.1, 0.15) is 0 Å². The van der Waals surface area contributed by atoms with Crippen molar-refractivity contribution in [2.45, 2.75) is 24.7 Å². The van der Waals surface area contributed by atoms with Gasteiger partial charge in [0.2, 0.25) is 0 Å². The first kappa shape index (κ1) is 17.6. The Morgan fingerprint density at radius 3 is 2.50 bits per heavy atom. The standard InChI is InChI=1S/C16H17N3O4S/c1-12-8-9-15(10-16(12)19(20)21)24(22,23)18-17-11-13(2)14-6-4-3-5-7-14/h3-11,13,18H,1-2H3/b17-11-/t13-/m1/s1. The molecule has 0 aromatic heterocycles. The van der Waals surface area contributed by atoms with E-state index in [0.717, 1.165) is 11.6 Å². The van der Waals surface area contributed by atoms with Crippen LogP contribution in [0.5, 0.6) is 0 Å². The van der Waals surface area contributed by atoms with E-state index in [9.17, 15) is 18.5 Å². The van der Waals surface area contributed by atoms with E-state index in [1.165, 1.54) is 18.3 Å². The van der Waals surface area contributed by atoms with E-state index in [-0.39, 0.29) is 16.5 Å². The Morgan fingerprint density at radius 2 is 1.88 bits per heavy atom. The van der Waals surface area contributed by atoms with Crippen LogP contribution in [-0.2, 0) is 10.0 Å². The normalized spacial score (nSPS) is 12.9. The van der Waals surface area contributed by atoms with Gasteiger partial charge in [0.25, 0.3) is 15.7 Å². The number of nitro groups is 1. The third-order valence-electron chi connectivity index (χ3n) is 3.48. The van der Waals surface area contributed by atoms with Crippen molar-refractivity contribution in [1.29, 1.82) is 0 Å². The lowest BCUT2D eigenvalue weighted by atomic mass is 10.0. The number of rotatable bonds is 6. The van der Waals surface area contributed by atoms with E-state index in [4.69, 9.17) is 0 Å². The highest BCUT2D eigenvalue weighted by Gasteiger charge is 2.19. The van der Waals surface area contributed by atoms with Crippen LogP contribution in [0.25, 0.3) is 0 Å². The van der Waals surface area contributed by atoms with Gasteiger partial charge in [-0.3, -0.25) is 10.1 Å². The number of benzene rings is 2. The molecule has 1 atom stereocenters. The number of nitrogens with zero attached hydrogens (tertiary/aromatic N) is 2. The fourth-order valence-corrected chi connectivity index (χ4v) is 2.88. The average molecular weight is 347 g/mol. The molecule has 2 rings (SSSR count). The first-order chi connectivity index (χ1) is 11.3. The van der Waals surface area contributed by atoms with Crippen molar-refractivity contribution in [3.05, 3.63) is 69.8 Å². The first-order valence-corrected chi connectivity index (χ1v) is 8.64. The summed E-state index contributed by atoms with van der Waals surface area (Å²) in [6, 6.07) is 13.2. The molecule has 1 N–H and O–H groups in total. The van der Waals surface area contributed by atoms with Gasteiger partial charge in [-0.2, -0.15) is 13.5 Å². The Kier molecular flexibility index (Phi) is 5.30. The molecule has 2 aromatic carbocycles. The third-order valence-corrected chi connectivity index (χ3v) is 4.70. The third kappa shape index (κ3) is 4.17. The molecule has 0 aliphatic carbocycles. The van der Waals surface area contributed by atoms with Gasteiger partial charge in [-0.25, -0.2) is 4.83 Å². The minimum absolute atomic E-state index is 0.0822. The van der Waals surface area contributed by atoms with Gasteiger partial charge in [0.05, 0.1) is 9.82 Å². The molecule has 0 radical (unpaired) electrons. The monoisotopic (exact) mass is 347 g/mol. The number of hydrogen-bond acceptors (Lipinski definition) is 5. The zero-order valence-corrected chi connectivity index (χ0v) is 14.0. The highest BCUT2D eigenvalue weighted by atomic mass is 32.2. The first-order valence-electron chi connectivity index (χ1n) is 7.16. The molecule has 7 nitrogen and oxygen atoms in total. The van der Waals surface area contributed by atoms with Crippen molar-refractivity contribution in [3.63, 3.8) is 0 Å². The van der Waals surface area contributed by atoms with Crippen LogP contribution in [0, 0.1) is 17.0 Å². The summed E-state index contributed by atoms with van der Waals surface area (Å²) in [5, 5.41) is 14.7. The molecule has 2 aromatic rings. The van der Waals surface area contributed by atoms with Crippen LogP contribution < -0.4 is 4.83 Å². The fraction of sp³-hybridized carbons (Fsp3) is 0.188. The van der Waals surface area contributed by atoms with Gasteiger partial charge in [0.15, 0.2) is 0 Å². The molecule has 0 spiro atoms. The molecule has 8 heteroatoms. The Balaban J connectivity index is 2.16. The van der Waals surface area contributed by atoms with E-state index < -0.39 is 14.9 Å². The minimum Gasteiger partial charge on any atom is -0.258 e. The molecule has 0 amide bonds. The van der Waals surface area contributed by atoms with Gasteiger partial charge in [-0.05, 0) is 18.6 Å². The smallest absolute Gasteiger partial charge is 0.258 e. The fourth-order valence-electron chi connectivity index (χ4n) is 2.06. The van der Waals surface area contributed by atoms with Gasteiger partial charge in [-0.1, -0.05) is 43.3 Å². The SMILES string of the molecule is Cc1ccc(S(=O)(=O)N/N=C\[C@@H](C)c2ccccc2)cc1[N+](=O)[O-]. The van der Waals surface area contributed by atoms with Gasteiger partial charge >= 0.3 is 0 Å². The Labute approximate surface area is 140 Å². The van der Waals surface area contributed by atoms with E-state index in [0.29, 0.717) is 5.56 Å². The van der Waals surface area contributed by atoms with Crippen molar-refractivity contribution in [1.82, 2.24) is 4.83 Å². The summed E-state index contributed by atoms with van der Waals surface area (Å²) in [5.41, 5.74) is 1.13. The van der Waals surface area contributed by atoms with Crippen LogP contribution in [0.15, 0.2) is 58.5 Å². The molecule has 0 aliphatic heterocycles. The molecule has 0 heterocycles. The summed E-state index contributed by atoms with van der Waals surface area (Å²) in [7, 11) is -3.96. The molecule has 0 fully saturated rings. The summed E-state index contributed by atoms with van der Waals surface area (Å²) in [6.07, 6.45) is 1.47. The van der Waals surface area contributed by atoms with Crippen molar-refractivity contribution in [2.75, 3.05) is 0 Å². The molecule has 0 unspecified atom stereocenters. The number of sulfonamides is 1. The second-order valence-corrected chi connectivity index (χ2v) is 6.94. The van der Waals surface area contributed by atoms with Crippen molar-refractivity contribution in [3.8, 4) is 0 Å². The lowest BCUT2D eigenvalue weighted by Crippen LogP contribution is -2.19. The zero-order chi connectivity index (χ0) is 17.7. The predicted octanol–water partition coefficient (Wildman–Crippen LogP) is 2.97. The number of nitrogens with one attached hydrogen (secondary N) is 1. The maximum atomic E-state index is 12.2. The molecule has 0 saturated heterocycles. The van der Waals surface area contributed by atoms with Crippen LogP contribution in [0.3, 0.4) is 0 Å². The molecule has 0 aliphatic rings. The lowest BCUT2D eigenvalue weighted by Gasteiger charge is -2.07. The lowest BCUT2D eigenvalue weighted by molar-refractivity contribution is -0.385. The number of nitro benzene ring substituents is 1.